The largest absolute Gasteiger partial charge is 0.632 e. The zero-order valence-corrected chi connectivity index (χ0v) is 15.5. The summed E-state index contributed by atoms with van der Waals surface area (Å²) in [6.07, 6.45) is 10.5. The van der Waals surface area contributed by atoms with Crippen molar-refractivity contribution in [1.82, 2.24) is 15.5 Å². The fourth-order valence-corrected chi connectivity index (χ4v) is 5.13. The van der Waals surface area contributed by atoms with Crippen molar-refractivity contribution in [3.63, 3.8) is 0 Å². The number of rotatable bonds is 5. The standard InChI is InChI=1S/C19H33N5O/c1-2-9-20-19-21-11-16-13-24(25,12-15-6-3-4-7-15)14-17-8-5-10-23(17)18(16)22-19/h11,15,17,19-20,22H,2-10,12-14H2,1H3/t17?,19-,24?/m0/s1. The molecule has 0 amide bonds. The predicted molar refractivity (Wildman–Crippen MR) is 101 cm³/mol. The maximum atomic E-state index is 13.7. The molecule has 3 atom stereocenters. The van der Waals surface area contributed by atoms with E-state index in [-0.39, 0.29) is 10.9 Å². The molecule has 4 aliphatic rings. The van der Waals surface area contributed by atoms with Crippen LogP contribution in [0.15, 0.2) is 16.4 Å². The Labute approximate surface area is 151 Å². The average molecular weight is 348 g/mol. The summed E-state index contributed by atoms with van der Waals surface area (Å²) in [4.78, 5) is 7.09. The van der Waals surface area contributed by atoms with E-state index < -0.39 is 0 Å². The number of nitrogens with one attached hydrogen (secondary N) is 2. The second-order valence-electron chi connectivity index (χ2n) is 8.37. The van der Waals surface area contributed by atoms with Gasteiger partial charge in [0.1, 0.15) is 12.4 Å². The zero-order chi connectivity index (χ0) is 17.3. The molecule has 0 aromatic heterocycles. The number of hydrogen-bond acceptors (Lipinski definition) is 5. The lowest BCUT2D eigenvalue weighted by molar-refractivity contribution is -0.880. The SMILES string of the molecule is CCCN[C@H]1N=CC2=C(N1)N1CCCC1C[N+]([O-])(CC1CCCC1)C2. The molecule has 6 nitrogen and oxygen atoms in total. The van der Waals surface area contributed by atoms with Crippen LogP contribution in [0.3, 0.4) is 0 Å². The van der Waals surface area contributed by atoms with Gasteiger partial charge in [-0.15, -0.1) is 0 Å². The molecule has 0 aromatic rings. The van der Waals surface area contributed by atoms with Crippen LogP contribution in [0.1, 0.15) is 51.9 Å². The van der Waals surface area contributed by atoms with E-state index in [1.807, 2.05) is 6.21 Å². The fourth-order valence-electron chi connectivity index (χ4n) is 5.13. The number of aliphatic imine (C=N–C) groups is 1. The van der Waals surface area contributed by atoms with Crippen LogP contribution >= 0.6 is 0 Å². The van der Waals surface area contributed by atoms with Gasteiger partial charge in [0, 0.05) is 18.7 Å². The van der Waals surface area contributed by atoms with E-state index in [0.29, 0.717) is 18.5 Å². The van der Waals surface area contributed by atoms with Gasteiger partial charge in [-0.2, -0.15) is 0 Å². The number of nitrogens with zero attached hydrogens (tertiary/aromatic N) is 3. The summed E-state index contributed by atoms with van der Waals surface area (Å²) >= 11 is 0. The van der Waals surface area contributed by atoms with E-state index in [4.69, 9.17) is 0 Å². The molecule has 0 spiro atoms. The average Bonchev–Trinajstić information content (AvgIpc) is 3.23. The highest BCUT2D eigenvalue weighted by Crippen LogP contribution is 2.34. The van der Waals surface area contributed by atoms with Crippen molar-refractivity contribution >= 4 is 6.21 Å². The summed E-state index contributed by atoms with van der Waals surface area (Å²) in [5.74, 6) is 1.80. The lowest BCUT2D eigenvalue weighted by Crippen LogP contribution is -2.51. The van der Waals surface area contributed by atoms with Crippen molar-refractivity contribution < 1.29 is 4.65 Å². The molecule has 140 valence electrons. The van der Waals surface area contributed by atoms with Gasteiger partial charge in [0.15, 0.2) is 6.29 Å². The van der Waals surface area contributed by atoms with Crippen LogP contribution in [0, 0.1) is 11.1 Å². The van der Waals surface area contributed by atoms with Gasteiger partial charge in [0.05, 0.1) is 24.7 Å². The van der Waals surface area contributed by atoms with Gasteiger partial charge in [-0.1, -0.05) is 19.8 Å². The second kappa shape index (κ2) is 7.25. The van der Waals surface area contributed by atoms with Crippen LogP contribution in [0.4, 0.5) is 0 Å². The minimum atomic E-state index is -0.0542. The molecule has 0 radical (unpaired) electrons. The molecule has 3 heterocycles. The zero-order valence-electron chi connectivity index (χ0n) is 15.5. The van der Waals surface area contributed by atoms with Crippen molar-refractivity contribution in [2.45, 2.75) is 64.2 Å². The minimum Gasteiger partial charge on any atom is -0.632 e. The first-order valence-corrected chi connectivity index (χ1v) is 10.3. The van der Waals surface area contributed by atoms with Crippen LogP contribution in [-0.4, -0.2) is 60.8 Å². The molecular weight excluding hydrogens is 314 g/mol. The van der Waals surface area contributed by atoms with Crippen LogP contribution in [-0.2, 0) is 0 Å². The molecule has 1 saturated carbocycles. The molecule has 25 heavy (non-hydrogen) atoms. The number of fused-ring (bicyclic) bond motifs is 2. The second-order valence-corrected chi connectivity index (χ2v) is 8.37. The van der Waals surface area contributed by atoms with E-state index in [0.717, 1.165) is 44.6 Å². The first kappa shape index (κ1) is 17.3. The first-order valence-electron chi connectivity index (χ1n) is 10.3. The van der Waals surface area contributed by atoms with Gasteiger partial charge < -0.3 is 20.1 Å². The van der Waals surface area contributed by atoms with Crippen LogP contribution in [0.5, 0.6) is 0 Å². The van der Waals surface area contributed by atoms with Gasteiger partial charge in [-0.3, -0.25) is 10.3 Å². The van der Waals surface area contributed by atoms with Crippen LogP contribution < -0.4 is 10.6 Å². The summed E-state index contributed by atoms with van der Waals surface area (Å²) < 4.78 is -0.0502. The summed E-state index contributed by atoms with van der Waals surface area (Å²) in [6, 6.07) is 0.386. The fraction of sp³-hybridized carbons (Fsp3) is 0.842. The Morgan fingerprint density at radius 3 is 2.96 bits per heavy atom. The lowest BCUT2D eigenvalue weighted by atomic mass is 10.1. The van der Waals surface area contributed by atoms with E-state index in [2.05, 4.69) is 27.4 Å². The van der Waals surface area contributed by atoms with Crippen LogP contribution in [0.25, 0.3) is 0 Å². The third kappa shape index (κ3) is 3.71. The molecule has 0 aromatic carbocycles. The molecule has 2 unspecified atom stereocenters. The van der Waals surface area contributed by atoms with Gasteiger partial charge in [0.2, 0.25) is 0 Å². The lowest BCUT2D eigenvalue weighted by Gasteiger charge is -2.45. The Bertz CT molecular complexity index is 542. The number of hydroxylamine groups is 3. The Morgan fingerprint density at radius 2 is 2.16 bits per heavy atom. The van der Waals surface area contributed by atoms with Gasteiger partial charge in [0.25, 0.3) is 0 Å². The van der Waals surface area contributed by atoms with Gasteiger partial charge in [-0.05, 0) is 38.6 Å². The Balaban J connectivity index is 1.54. The van der Waals surface area contributed by atoms with Gasteiger partial charge in [-0.25, -0.2) is 0 Å². The van der Waals surface area contributed by atoms with E-state index >= 15 is 0 Å². The number of hydrogen-bond donors (Lipinski definition) is 2. The molecule has 0 bridgehead atoms. The van der Waals surface area contributed by atoms with E-state index in [1.54, 1.807) is 0 Å². The molecule has 1 aliphatic carbocycles. The Hall–Kier alpha value is -1.11. The maximum Gasteiger partial charge on any atom is 0.174 e. The molecule has 1 saturated heterocycles. The Morgan fingerprint density at radius 1 is 1.32 bits per heavy atom. The minimum absolute atomic E-state index is 0.0502. The van der Waals surface area contributed by atoms with E-state index in [1.165, 1.54) is 37.9 Å². The van der Waals surface area contributed by atoms with Gasteiger partial charge >= 0.3 is 0 Å². The molecular formula is C19H33N5O. The van der Waals surface area contributed by atoms with Crippen molar-refractivity contribution in [3.05, 3.63) is 16.6 Å². The predicted octanol–water partition coefficient (Wildman–Crippen LogP) is 2.14. The van der Waals surface area contributed by atoms with Crippen molar-refractivity contribution in [2.75, 3.05) is 32.7 Å². The summed E-state index contributed by atoms with van der Waals surface area (Å²) in [5.41, 5.74) is 1.12. The van der Waals surface area contributed by atoms with Crippen molar-refractivity contribution in [1.29, 1.82) is 0 Å². The highest BCUT2D eigenvalue weighted by molar-refractivity contribution is 5.81. The van der Waals surface area contributed by atoms with Crippen molar-refractivity contribution in [3.8, 4) is 0 Å². The normalized spacial score (nSPS) is 35.5. The monoisotopic (exact) mass is 347 g/mol. The highest BCUT2D eigenvalue weighted by Gasteiger charge is 2.40. The molecule has 3 aliphatic heterocycles. The van der Waals surface area contributed by atoms with Crippen molar-refractivity contribution in [2.24, 2.45) is 10.9 Å². The quantitative estimate of drug-likeness (QED) is 0.591. The molecule has 6 heteroatoms. The van der Waals surface area contributed by atoms with E-state index in [9.17, 15) is 5.21 Å². The maximum absolute atomic E-state index is 13.7. The summed E-state index contributed by atoms with van der Waals surface area (Å²) in [6.45, 7) is 6.30. The smallest absolute Gasteiger partial charge is 0.174 e. The topological polar surface area (TPSA) is 62.7 Å². The third-order valence-electron chi connectivity index (χ3n) is 6.28. The Kier molecular flexibility index (Phi) is 5.02. The highest BCUT2D eigenvalue weighted by atomic mass is 16.5. The molecule has 4 rings (SSSR count). The first-order chi connectivity index (χ1) is 12.2. The number of quaternary nitrogens is 1. The summed E-state index contributed by atoms with van der Waals surface area (Å²) in [5, 5.41) is 20.7. The summed E-state index contributed by atoms with van der Waals surface area (Å²) in [7, 11) is 0. The third-order valence-corrected chi connectivity index (χ3v) is 6.28. The molecule has 2 N–H and O–H groups in total. The molecule has 2 fully saturated rings. The van der Waals surface area contributed by atoms with Crippen LogP contribution in [0.2, 0.25) is 0 Å².